The van der Waals surface area contributed by atoms with Crippen LogP contribution in [0.2, 0.25) is 0 Å². The molecule has 0 bridgehead atoms. The lowest BCUT2D eigenvalue weighted by atomic mass is 10.1. The van der Waals surface area contributed by atoms with Crippen molar-refractivity contribution in [1.82, 2.24) is 15.1 Å². The van der Waals surface area contributed by atoms with Crippen molar-refractivity contribution in [2.75, 3.05) is 52.5 Å². The summed E-state index contributed by atoms with van der Waals surface area (Å²) in [5, 5.41) is 2.76. The van der Waals surface area contributed by atoms with Gasteiger partial charge >= 0.3 is 11.8 Å². The molecule has 0 unspecified atom stereocenters. The summed E-state index contributed by atoms with van der Waals surface area (Å²) in [6, 6.07) is 0. The highest BCUT2D eigenvalue weighted by atomic mass is 16.5. The van der Waals surface area contributed by atoms with E-state index in [1.54, 1.807) is 4.90 Å². The number of morpholine rings is 1. The first-order valence-corrected chi connectivity index (χ1v) is 8.77. The van der Waals surface area contributed by atoms with Gasteiger partial charge in [-0.15, -0.1) is 0 Å². The Labute approximate surface area is 140 Å². The maximum Gasteiger partial charge on any atom is 0.311 e. The highest BCUT2D eigenvalue weighted by Gasteiger charge is 2.22. The lowest BCUT2D eigenvalue weighted by molar-refractivity contribution is -0.146. The highest BCUT2D eigenvalue weighted by molar-refractivity contribution is 6.35. The van der Waals surface area contributed by atoms with Gasteiger partial charge in [-0.3, -0.25) is 14.5 Å². The van der Waals surface area contributed by atoms with Crippen LogP contribution in [0.5, 0.6) is 0 Å². The largest absolute Gasteiger partial charge is 0.379 e. The van der Waals surface area contributed by atoms with Crippen molar-refractivity contribution in [3.05, 3.63) is 0 Å². The number of carbonyl (C=O) groups is 2. The third-order valence-electron chi connectivity index (χ3n) is 3.69. The minimum absolute atomic E-state index is 0.354. The molecule has 0 aromatic heterocycles. The van der Waals surface area contributed by atoms with Crippen LogP contribution in [0.3, 0.4) is 0 Å². The molecule has 1 aliphatic heterocycles. The van der Waals surface area contributed by atoms with Crippen LogP contribution in [0.1, 0.15) is 34.1 Å². The van der Waals surface area contributed by atoms with Crippen LogP contribution in [0.25, 0.3) is 0 Å². The quantitative estimate of drug-likeness (QED) is 0.533. The summed E-state index contributed by atoms with van der Waals surface area (Å²) in [4.78, 5) is 28.4. The van der Waals surface area contributed by atoms with Crippen LogP contribution >= 0.6 is 0 Å². The molecule has 23 heavy (non-hydrogen) atoms. The molecule has 134 valence electrons. The summed E-state index contributed by atoms with van der Waals surface area (Å²) in [6.45, 7) is 14.4. The van der Waals surface area contributed by atoms with E-state index in [0.717, 1.165) is 39.3 Å². The summed E-state index contributed by atoms with van der Waals surface area (Å²) < 4.78 is 5.30. The first-order chi connectivity index (χ1) is 10.9. The molecule has 0 saturated carbocycles. The molecule has 0 aliphatic carbocycles. The van der Waals surface area contributed by atoms with Crippen LogP contribution < -0.4 is 5.32 Å². The Kier molecular flexibility index (Phi) is 9.17. The van der Waals surface area contributed by atoms with Crippen LogP contribution in [0, 0.1) is 11.8 Å². The van der Waals surface area contributed by atoms with E-state index in [9.17, 15) is 9.59 Å². The van der Waals surface area contributed by atoms with Crippen molar-refractivity contribution in [2.45, 2.75) is 34.1 Å². The second kappa shape index (κ2) is 10.6. The predicted molar refractivity (Wildman–Crippen MR) is 91.1 cm³/mol. The highest BCUT2D eigenvalue weighted by Crippen LogP contribution is 2.04. The summed E-state index contributed by atoms with van der Waals surface area (Å²) >= 11 is 0. The predicted octanol–water partition coefficient (Wildman–Crippen LogP) is 0.966. The lowest BCUT2D eigenvalue weighted by Gasteiger charge is -2.27. The van der Waals surface area contributed by atoms with E-state index in [1.165, 1.54) is 0 Å². The number of nitrogens with one attached hydrogen (secondary N) is 1. The van der Waals surface area contributed by atoms with Gasteiger partial charge in [-0.1, -0.05) is 27.7 Å². The smallest absolute Gasteiger partial charge is 0.311 e. The van der Waals surface area contributed by atoms with Crippen molar-refractivity contribution >= 4 is 11.8 Å². The van der Waals surface area contributed by atoms with Crippen LogP contribution in [0.15, 0.2) is 0 Å². The van der Waals surface area contributed by atoms with Crippen molar-refractivity contribution < 1.29 is 14.3 Å². The number of carbonyl (C=O) groups excluding carboxylic acids is 2. The monoisotopic (exact) mass is 327 g/mol. The van der Waals surface area contributed by atoms with Crippen molar-refractivity contribution in [3.8, 4) is 0 Å². The van der Waals surface area contributed by atoms with E-state index in [2.05, 4.69) is 37.9 Å². The zero-order valence-corrected chi connectivity index (χ0v) is 15.1. The number of rotatable bonds is 8. The summed E-state index contributed by atoms with van der Waals surface area (Å²) in [5.74, 6) is -0.175. The number of nitrogens with zero attached hydrogens (tertiary/aromatic N) is 2. The molecule has 1 saturated heterocycles. The van der Waals surface area contributed by atoms with Crippen LogP contribution in [-0.2, 0) is 14.3 Å². The van der Waals surface area contributed by atoms with Crippen molar-refractivity contribution in [1.29, 1.82) is 0 Å². The SMILES string of the molecule is CC(C)CN(CC(C)C)C(=O)C(=O)NCCCN1CCOCC1. The van der Waals surface area contributed by atoms with Gasteiger partial charge in [0.1, 0.15) is 0 Å². The van der Waals surface area contributed by atoms with Gasteiger partial charge in [0.05, 0.1) is 13.2 Å². The van der Waals surface area contributed by atoms with Gasteiger partial charge < -0.3 is 15.0 Å². The standard InChI is InChI=1S/C17H33N3O3/c1-14(2)12-20(13-15(3)4)17(22)16(21)18-6-5-7-19-8-10-23-11-9-19/h14-15H,5-13H2,1-4H3,(H,18,21). The minimum atomic E-state index is -0.478. The fraction of sp³-hybridized carbons (Fsp3) is 0.882. The summed E-state index contributed by atoms with van der Waals surface area (Å²) in [6.07, 6.45) is 0.855. The molecule has 1 heterocycles. The van der Waals surface area contributed by atoms with Gasteiger partial charge in [-0.25, -0.2) is 0 Å². The maximum atomic E-state index is 12.3. The van der Waals surface area contributed by atoms with E-state index < -0.39 is 11.8 Å². The lowest BCUT2D eigenvalue weighted by Crippen LogP contribution is -2.46. The Balaban J connectivity index is 2.30. The van der Waals surface area contributed by atoms with E-state index in [4.69, 9.17) is 4.74 Å². The average Bonchev–Trinajstić information content (AvgIpc) is 2.50. The second-order valence-electron chi connectivity index (χ2n) is 7.06. The van der Waals surface area contributed by atoms with Crippen molar-refractivity contribution in [2.24, 2.45) is 11.8 Å². The molecule has 2 amide bonds. The molecule has 0 aromatic rings. The molecule has 1 N–H and O–H groups in total. The maximum absolute atomic E-state index is 12.3. The van der Waals surface area contributed by atoms with Crippen molar-refractivity contribution in [3.63, 3.8) is 0 Å². The third kappa shape index (κ3) is 8.32. The molecule has 6 heteroatoms. The van der Waals surface area contributed by atoms with Gasteiger partial charge in [0.15, 0.2) is 0 Å². The topological polar surface area (TPSA) is 61.9 Å². The molecule has 1 rings (SSSR count). The molecule has 6 nitrogen and oxygen atoms in total. The van der Waals surface area contributed by atoms with Gasteiger partial charge in [-0.05, 0) is 24.8 Å². The molecular formula is C17H33N3O3. The molecule has 1 aliphatic rings. The first-order valence-electron chi connectivity index (χ1n) is 8.77. The zero-order valence-electron chi connectivity index (χ0n) is 15.1. The van der Waals surface area contributed by atoms with Gasteiger partial charge in [0.25, 0.3) is 0 Å². The minimum Gasteiger partial charge on any atom is -0.379 e. The number of amides is 2. The Morgan fingerprint density at radius 3 is 2.17 bits per heavy atom. The van der Waals surface area contributed by atoms with Crippen LogP contribution in [-0.4, -0.2) is 74.1 Å². The second-order valence-corrected chi connectivity index (χ2v) is 7.06. The average molecular weight is 327 g/mol. The van der Waals surface area contributed by atoms with Gasteiger partial charge in [-0.2, -0.15) is 0 Å². The van der Waals surface area contributed by atoms with E-state index in [1.807, 2.05) is 0 Å². The summed E-state index contributed by atoms with van der Waals surface area (Å²) in [7, 11) is 0. The molecule has 0 aromatic carbocycles. The van der Waals surface area contributed by atoms with Crippen LogP contribution in [0.4, 0.5) is 0 Å². The number of ether oxygens (including phenoxy) is 1. The van der Waals surface area contributed by atoms with E-state index in [0.29, 0.717) is 31.5 Å². The zero-order chi connectivity index (χ0) is 17.2. The Bertz CT molecular complexity index is 356. The molecule has 0 atom stereocenters. The molecule has 0 radical (unpaired) electrons. The summed E-state index contributed by atoms with van der Waals surface area (Å²) in [5.41, 5.74) is 0. The fourth-order valence-electron chi connectivity index (χ4n) is 2.67. The Morgan fingerprint density at radius 2 is 1.65 bits per heavy atom. The third-order valence-corrected chi connectivity index (χ3v) is 3.69. The van der Waals surface area contributed by atoms with E-state index >= 15 is 0 Å². The fourth-order valence-corrected chi connectivity index (χ4v) is 2.67. The van der Waals surface area contributed by atoms with Gasteiger partial charge in [0.2, 0.25) is 0 Å². The first kappa shape index (κ1) is 19.9. The van der Waals surface area contributed by atoms with E-state index in [-0.39, 0.29) is 0 Å². The molecular weight excluding hydrogens is 294 g/mol. The molecule has 0 spiro atoms. The normalized spacial score (nSPS) is 15.9. The number of hydrogen-bond acceptors (Lipinski definition) is 4. The Hall–Kier alpha value is -1.14. The Morgan fingerprint density at radius 1 is 1.09 bits per heavy atom. The molecule has 1 fully saturated rings. The number of hydrogen-bond donors (Lipinski definition) is 1. The van der Waals surface area contributed by atoms with Gasteiger partial charge in [0, 0.05) is 32.7 Å².